The van der Waals surface area contributed by atoms with Gasteiger partial charge in [0.25, 0.3) is 11.8 Å². The monoisotopic (exact) mass is 408 g/mol. The fourth-order valence-corrected chi connectivity index (χ4v) is 2.90. The minimum atomic E-state index is -0.649. The topological polar surface area (TPSA) is 84.5 Å². The van der Waals surface area contributed by atoms with Crippen LogP contribution in [-0.2, 0) is 14.3 Å². The van der Waals surface area contributed by atoms with Crippen molar-refractivity contribution in [1.29, 1.82) is 0 Å². The molecule has 24 heavy (non-hydrogen) atoms. The number of nitrogens with one attached hydrogen (secondary N) is 2. The summed E-state index contributed by atoms with van der Waals surface area (Å²) < 4.78 is 5.72. The maximum Gasteiger partial charge on any atom is 0.331 e. The maximum atomic E-state index is 11.7. The third-order valence-electron chi connectivity index (χ3n) is 2.67. The Kier molecular flexibility index (Phi) is 6.71. The molecule has 6 nitrogen and oxygen atoms in total. The van der Waals surface area contributed by atoms with Gasteiger partial charge in [-0.05, 0) is 46.3 Å². The molecule has 0 spiro atoms. The lowest BCUT2D eigenvalue weighted by Crippen LogP contribution is -2.43. The Bertz CT molecular complexity index is 758. The van der Waals surface area contributed by atoms with Crippen molar-refractivity contribution in [2.75, 3.05) is 6.61 Å². The van der Waals surface area contributed by atoms with Gasteiger partial charge < -0.3 is 4.74 Å². The fourth-order valence-electron chi connectivity index (χ4n) is 1.58. The van der Waals surface area contributed by atoms with Crippen LogP contribution in [0, 0.1) is 0 Å². The molecule has 2 amide bonds. The highest BCUT2D eigenvalue weighted by Crippen LogP contribution is 2.22. The first-order valence-electron chi connectivity index (χ1n) is 6.79. The molecule has 0 aliphatic carbocycles. The largest absolute Gasteiger partial charge is 0.452 e. The zero-order chi connectivity index (χ0) is 17.4. The normalized spacial score (nSPS) is 10.4. The Balaban J connectivity index is 1.70. The van der Waals surface area contributed by atoms with Gasteiger partial charge in [0.2, 0.25) is 0 Å². The van der Waals surface area contributed by atoms with Gasteiger partial charge in [-0.3, -0.25) is 20.4 Å². The summed E-state index contributed by atoms with van der Waals surface area (Å²) in [6.07, 6.45) is 2.82. The minimum Gasteiger partial charge on any atom is -0.452 e. The van der Waals surface area contributed by atoms with Crippen molar-refractivity contribution >= 4 is 51.1 Å². The number of carbonyl (C=O) groups excluding carboxylic acids is 3. The van der Waals surface area contributed by atoms with Crippen LogP contribution in [0.5, 0.6) is 0 Å². The first kappa shape index (κ1) is 17.9. The molecule has 0 unspecified atom stereocenters. The summed E-state index contributed by atoms with van der Waals surface area (Å²) in [6.45, 7) is -0.494. The van der Waals surface area contributed by atoms with Gasteiger partial charge in [-0.2, -0.15) is 0 Å². The fraction of sp³-hybridized carbons (Fsp3) is 0.0625. The third kappa shape index (κ3) is 5.98. The molecular formula is C16H13BrN2O4S. The molecule has 0 saturated carbocycles. The molecule has 124 valence electrons. The molecule has 2 rings (SSSR count). The van der Waals surface area contributed by atoms with E-state index in [-0.39, 0.29) is 0 Å². The minimum absolute atomic E-state index is 0.403. The lowest BCUT2D eigenvalue weighted by Gasteiger charge is -2.07. The second-order valence-corrected chi connectivity index (χ2v) is 6.95. The standard InChI is InChI=1S/C16H13BrN2O4S/c17-13-8-6-12(24-13)7-9-15(21)23-10-14(20)18-19-16(22)11-4-2-1-3-5-11/h1-9H,10H2,(H,18,20)(H,19,22)/b9-7+. The molecule has 1 aromatic carbocycles. The first-order chi connectivity index (χ1) is 11.5. The van der Waals surface area contributed by atoms with Gasteiger partial charge in [-0.1, -0.05) is 18.2 Å². The van der Waals surface area contributed by atoms with E-state index in [1.165, 1.54) is 17.4 Å². The Morgan fingerprint density at radius 2 is 1.83 bits per heavy atom. The van der Waals surface area contributed by atoms with E-state index in [1.54, 1.807) is 36.4 Å². The average Bonchev–Trinajstić information content (AvgIpc) is 3.02. The number of esters is 1. The second kappa shape index (κ2) is 8.99. The quantitative estimate of drug-likeness (QED) is 0.452. The van der Waals surface area contributed by atoms with Gasteiger partial charge in [0, 0.05) is 16.5 Å². The molecular weight excluding hydrogens is 396 g/mol. The van der Waals surface area contributed by atoms with Crippen molar-refractivity contribution in [3.05, 3.63) is 62.8 Å². The first-order valence-corrected chi connectivity index (χ1v) is 8.40. The number of amides is 2. The summed E-state index contributed by atoms with van der Waals surface area (Å²) in [7, 11) is 0. The highest BCUT2D eigenvalue weighted by atomic mass is 79.9. The van der Waals surface area contributed by atoms with Crippen LogP contribution >= 0.6 is 27.3 Å². The molecule has 2 aromatic rings. The number of benzene rings is 1. The van der Waals surface area contributed by atoms with Crippen LogP contribution in [0.1, 0.15) is 15.2 Å². The number of halogens is 1. The highest BCUT2D eigenvalue weighted by Gasteiger charge is 2.08. The predicted octanol–water partition coefficient (Wildman–Crippen LogP) is 2.53. The number of carbonyl (C=O) groups is 3. The van der Waals surface area contributed by atoms with E-state index in [4.69, 9.17) is 4.74 Å². The number of hydrogen-bond acceptors (Lipinski definition) is 5. The van der Waals surface area contributed by atoms with E-state index in [2.05, 4.69) is 26.8 Å². The number of thiophene rings is 1. The smallest absolute Gasteiger partial charge is 0.331 e. The van der Waals surface area contributed by atoms with Crippen LogP contribution in [0.3, 0.4) is 0 Å². The van der Waals surface area contributed by atoms with Crippen LogP contribution in [0.15, 0.2) is 52.3 Å². The summed E-state index contributed by atoms with van der Waals surface area (Å²) in [4.78, 5) is 35.6. The molecule has 0 aliphatic heterocycles. The summed E-state index contributed by atoms with van der Waals surface area (Å²) in [5, 5.41) is 0. The molecule has 2 N–H and O–H groups in total. The van der Waals surface area contributed by atoms with Crippen molar-refractivity contribution < 1.29 is 19.1 Å². The van der Waals surface area contributed by atoms with Crippen molar-refractivity contribution in [2.24, 2.45) is 0 Å². The van der Waals surface area contributed by atoms with Crippen molar-refractivity contribution in [1.82, 2.24) is 10.9 Å². The Labute approximate surface area is 150 Å². The van der Waals surface area contributed by atoms with Gasteiger partial charge in [-0.25, -0.2) is 4.79 Å². The van der Waals surface area contributed by atoms with Gasteiger partial charge in [0.15, 0.2) is 6.61 Å². The molecule has 0 aliphatic rings. The summed E-state index contributed by atoms with van der Waals surface area (Å²) >= 11 is 4.77. The van der Waals surface area contributed by atoms with Crippen LogP contribution < -0.4 is 10.9 Å². The van der Waals surface area contributed by atoms with E-state index in [9.17, 15) is 14.4 Å². The zero-order valence-corrected chi connectivity index (χ0v) is 14.7. The van der Waals surface area contributed by atoms with Gasteiger partial charge in [0.05, 0.1) is 3.79 Å². The van der Waals surface area contributed by atoms with Crippen LogP contribution in [0.25, 0.3) is 6.08 Å². The Morgan fingerprint density at radius 1 is 1.08 bits per heavy atom. The second-order valence-electron chi connectivity index (χ2n) is 4.45. The van der Waals surface area contributed by atoms with E-state index in [0.29, 0.717) is 5.56 Å². The molecule has 0 saturated heterocycles. The van der Waals surface area contributed by atoms with E-state index >= 15 is 0 Å². The van der Waals surface area contributed by atoms with E-state index in [1.807, 2.05) is 12.1 Å². The predicted molar refractivity (Wildman–Crippen MR) is 94.1 cm³/mol. The Morgan fingerprint density at radius 3 is 2.50 bits per heavy atom. The van der Waals surface area contributed by atoms with Gasteiger partial charge in [0.1, 0.15) is 0 Å². The molecule has 0 fully saturated rings. The summed E-state index contributed by atoms with van der Waals surface area (Å²) in [6, 6.07) is 12.1. The average molecular weight is 409 g/mol. The maximum absolute atomic E-state index is 11.7. The SMILES string of the molecule is O=C(COC(=O)/C=C/c1ccc(Br)s1)NNC(=O)c1ccccc1. The number of hydrazine groups is 1. The number of rotatable bonds is 5. The third-order valence-corrected chi connectivity index (χ3v) is 4.26. The van der Waals surface area contributed by atoms with Crippen molar-refractivity contribution in [2.45, 2.75) is 0 Å². The van der Waals surface area contributed by atoms with Gasteiger partial charge in [-0.15, -0.1) is 11.3 Å². The van der Waals surface area contributed by atoms with Crippen molar-refractivity contribution in [3.63, 3.8) is 0 Å². The van der Waals surface area contributed by atoms with Crippen LogP contribution in [-0.4, -0.2) is 24.4 Å². The zero-order valence-electron chi connectivity index (χ0n) is 12.3. The Hall–Kier alpha value is -2.45. The molecule has 1 aromatic heterocycles. The highest BCUT2D eigenvalue weighted by molar-refractivity contribution is 9.11. The number of ether oxygens (including phenoxy) is 1. The van der Waals surface area contributed by atoms with Crippen molar-refractivity contribution in [3.8, 4) is 0 Å². The summed E-state index contributed by atoms with van der Waals surface area (Å²) in [5.41, 5.74) is 4.80. The van der Waals surface area contributed by atoms with E-state index < -0.39 is 24.4 Å². The molecule has 0 radical (unpaired) electrons. The molecule has 0 bridgehead atoms. The van der Waals surface area contributed by atoms with E-state index in [0.717, 1.165) is 8.66 Å². The lowest BCUT2D eigenvalue weighted by molar-refractivity contribution is -0.144. The molecule has 0 atom stereocenters. The summed E-state index contributed by atoms with van der Waals surface area (Å²) in [5.74, 6) is -1.75. The molecule has 1 heterocycles. The lowest BCUT2D eigenvalue weighted by atomic mass is 10.2. The molecule has 8 heteroatoms. The number of hydrogen-bond donors (Lipinski definition) is 2. The van der Waals surface area contributed by atoms with Gasteiger partial charge >= 0.3 is 5.97 Å². The van der Waals surface area contributed by atoms with Crippen LogP contribution in [0.2, 0.25) is 0 Å². The van der Waals surface area contributed by atoms with Crippen LogP contribution in [0.4, 0.5) is 0 Å².